The van der Waals surface area contributed by atoms with Gasteiger partial charge in [-0.3, -0.25) is 4.79 Å². The van der Waals surface area contributed by atoms with E-state index in [1.165, 1.54) is 5.56 Å². The van der Waals surface area contributed by atoms with Crippen molar-refractivity contribution in [3.63, 3.8) is 0 Å². The average molecular weight is 246 g/mol. The van der Waals surface area contributed by atoms with Crippen molar-refractivity contribution < 1.29 is 9.53 Å². The second-order valence-electron chi connectivity index (χ2n) is 6.26. The van der Waals surface area contributed by atoms with Gasteiger partial charge in [-0.1, -0.05) is 32.9 Å². The maximum atomic E-state index is 11.6. The van der Waals surface area contributed by atoms with Crippen LogP contribution >= 0.6 is 0 Å². The van der Waals surface area contributed by atoms with Crippen LogP contribution in [0.5, 0.6) is 5.75 Å². The summed E-state index contributed by atoms with van der Waals surface area (Å²) in [5, 5.41) is 0. The molecular formula is C16H22O2. The van der Waals surface area contributed by atoms with Gasteiger partial charge in [-0.15, -0.1) is 0 Å². The van der Waals surface area contributed by atoms with Crippen LogP contribution in [0.1, 0.15) is 44.7 Å². The molecule has 1 fully saturated rings. The van der Waals surface area contributed by atoms with Gasteiger partial charge in [0, 0.05) is 5.92 Å². The van der Waals surface area contributed by atoms with Crippen molar-refractivity contribution in [3.8, 4) is 5.75 Å². The topological polar surface area (TPSA) is 26.3 Å². The highest BCUT2D eigenvalue weighted by Gasteiger charge is 2.29. The first kappa shape index (κ1) is 13.1. The summed E-state index contributed by atoms with van der Waals surface area (Å²) in [6, 6.07) is 6.22. The summed E-state index contributed by atoms with van der Waals surface area (Å²) in [7, 11) is 0. The van der Waals surface area contributed by atoms with E-state index in [1.807, 2.05) is 13.0 Å². The molecule has 1 aliphatic rings. The van der Waals surface area contributed by atoms with Gasteiger partial charge in [0.05, 0.1) is 0 Å². The van der Waals surface area contributed by atoms with Crippen molar-refractivity contribution in [2.75, 3.05) is 6.61 Å². The molecule has 0 unspecified atom stereocenters. The minimum absolute atomic E-state index is 0.146. The first-order chi connectivity index (χ1) is 8.38. The van der Waals surface area contributed by atoms with Gasteiger partial charge in [-0.2, -0.15) is 0 Å². The normalized spacial score (nSPS) is 15.6. The average Bonchev–Trinajstić information content (AvgIpc) is 3.09. The molecule has 0 saturated heterocycles. The minimum atomic E-state index is 0.146. The number of rotatable bonds is 4. The SMILES string of the molecule is Cc1cc(C(C)(C)C)ccc1OCC(=O)C1CC1. The van der Waals surface area contributed by atoms with Crippen molar-refractivity contribution in [1.29, 1.82) is 0 Å². The van der Waals surface area contributed by atoms with E-state index in [9.17, 15) is 4.79 Å². The molecule has 1 aromatic carbocycles. The standard InChI is InChI=1S/C16H22O2/c1-11-9-13(16(2,3)4)7-8-15(11)18-10-14(17)12-5-6-12/h7-9,12H,5-6,10H2,1-4H3. The fourth-order valence-electron chi connectivity index (χ4n) is 1.95. The van der Waals surface area contributed by atoms with Crippen molar-refractivity contribution in [1.82, 2.24) is 0 Å². The zero-order valence-corrected chi connectivity index (χ0v) is 11.7. The monoisotopic (exact) mass is 246 g/mol. The quantitative estimate of drug-likeness (QED) is 0.810. The summed E-state index contributed by atoms with van der Waals surface area (Å²) in [5.41, 5.74) is 2.54. The fraction of sp³-hybridized carbons (Fsp3) is 0.562. The lowest BCUT2D eigenvalue weighted by molar-refractivity contribution is -0.122. The zero-order chi connectivity index (χ0) is 13.3. The van der Waals surface area contributed by atoms with E-state index in [-0.39, 0.29) is 23.7 Å². The Kier molecular flexibility index (Phi) is 3.47. The van der Waals surface area contributed by atoms with Gasteiger partial charge in [-0.05, 0) is 42.4 Å². The van der Waals surface area contributed by atoms with Crippen LogP contribution in [0.3, 0.4) is 0 Å². The summed E-state index contributed by atoms with van der Waals surface area (Å²) < 4.78 is 5.62. The van der Waals surface area contributed by atoms with Crippen molar-refractivity contribution in [3.05, 3.63) is 29.3 Å². The van der Waals surface area contributed by atoms with Crippen LogP contribution in [-0.2, 0) is 10.2 Å². The molecule has 2 rings (SSSR count). The third kappa shape index (κ3) is 3.12. The van der Waals surface area contributed by atoms with E-state index in [1.54, 1.807) is 0 Å². The molecule has 1 aromatic rings. The van der Waals surface area contributed by atoms with Crippen LogP contribution in [-0.4, -0.2) is 12.4 Å². The molecule has 0 N–H and O–H groups in total. The summed E-state index contributed by atoms with van der Waals surface area (Å²) >= 11 is 0. The number of carbonyl (C=O) groups excluding carboxylic acids is 1. The van der Waals surface area contributed by atoms with Crippen molar-refractivity contribution in [2.24, 2.45) is 5.92 Å². The van der Waals surface area contributed by atoms with Crippen LogP contribution in [0.25, 0.3) is 0 Å². The molecule has 0 atom stereocenters. The van der Waals surface area contributed by atoms with Crippen molar-refractivity contribution >= 4 is 5.78 Å². The maximum absolute atomic E-state index is 11.6. The molecule has 0 spiro atoms. The molecule has 18 heavy (non-hydrogen) atoms. The number of benzene rings is 1. The summed E-state index contributed by atoms with van der Waals surface area (Å²) in [6.07, 6.45) is 2.09. The van der Waals surface area contributed by atoms with Gasteiger partial charge in [-0.25, -0.2) is 0 Å². The fourth-order valence-corrected chi connectivity index (χ4v) is 1.95. The molecular weight excluding hydrogens is 224 g/mol. The number of ether oxygens (including phenoxy) is 1. The minimum Gasteiger partial charge on any atom is -0.486 e. The number of carbonyl (C=O) groups is 1. The second-order valence-corrected chi connectivity index (χ2v) is 6.26. The van der Waals surface area contributed by atoms with E-state index < -0.39 is 0 Å². The highest BCUT2D eigenvalue weighted by molar-refractivity contribution is 5.84. The summed E-state index contributed by atoms with van der Waals surface area (Å²) in [4.78, 5) is 11.6. The molecule has 0 aliphatic heterocycles. The maximum Gasteiger partial charge on any atom is 0.173 e. The Bertz CT molecular complexity index is 451. The van der Waals surface area contributed by atoms with Crippen LogP contribution in [0.15, 0.2) is 18.2 Å². The third-order valence-electron chi connectivity index (χ3n) is 3.44. The van der Waals surface area contributed by atoms with Crippen LogP contribution in [0, 0.1) is 12.8 Å². The lowest BCUT2D eigenvalue weighted by Gasteiger charge is -2.20. The number of hydrogen-bond donors (Lipinski definition) is 0. The summed E-state index contributed by atoms with van der Waals surface area (Å²) in [6.45, 7) is 8.84. The number of Topliss-reactive ketones (excluding diaryl/α,β-unsaturated/α-hetero) is 1. The predicted octanol–water partition coefficient (Wildman–Crippen LogP) is 3.65. The van der Waals surface area contributed by atoms with Gasteiger partial charge in [0.15, 0.2) is 5.78 Å². The predicted molar refractivity (Wildman–Crippen MR) is 73.1 cm³/mol. The van der Waals surface area contributed by atoms with Gasteiger partial charge >= 0.3 is 0 Å². The van der Waals surface area contributed by atoms with E-state index in [4.69, 9.17) is 4.74 Å². The van der Waals surface area contributed by atoms with E-state index in [0.717, 1.165) is 24.2 Å². The first-order valence-electron chi connectivity index (χ1n) is 6.64. The van der Waals surface area contributed by atoms with Crippen molar-refractivity contribution in [2.45, 2.75) is 46.0 Å². The number of aryl methyl sites for hydroxylation is 1. The van der Waals surface area contributed by atoms with Crippen LogP contribution in [0.4, 0.5) is 0 Å². The molecule has 0 bridgehead atoms. The highest BCUT2D eigenvalue weighted by atomic mass is 16.5. The number of ketones is 1. The second kappa shape index (κ2) is 4.75. The molecule has 0 radical (unpaired) electrons. The molecule has 0 aromatic heterocycles. The lowest BCUT2D eigenvalue weighted by Crippen LogP contribution is -2.14. The molecule has 1 saturated carbocycles. The molecule has 2 heteroatoms. The Morgan fingerprint density at radius 1 is 1.33 bits per heavy atom. The van der Waals surface area contributed by atoms with Gasteiger partial charge in [0.25, 0.3) is 0 Å². The molecule has 98 valence electrons. The zero-order valence-electron chi connectivity index (χ0n) is 11.7. The third-order valence-corrected chi connectivity index (χ3v) is 3.44. The van der Waals surface area contributed by atoms with Gasteiger partial charge < -0.3 is 4.74 Å². The Labute approximate surface area is 109 Å². The smallest absolute Gasteiger partial charge is 0.173 e. The van der Waals surface area contributed by atoms with E-state index in [2.05, 4.69) is 32.9 Å². The van der Waals surface area contributed by atoms with Gasteiger partial charge in [0.1, 0.15) is 12.4 Å². The van der Waals surface area contributed by atoms with E-state index >= 15 is 0 Å². The first-order valence-corrected chi connectivity index (χ1v) is 6.64. The molecule has 0 heterocycles. The van der Waals surface area contributed by atoms with Crippen LogP contribution < -0.4 is 4.74 Å². The van der Waals surface area contributed by atoms with Gasteiger partial charge in [0.2, 0.25) is 0 Å². The lowest BCUT2D eigenvalue weighted by atomic mass is 9.86. The Morgan fingerprint density at radius 2 is 2.00 bits per heavy atom. The summed E-state index contributed by atoms with van der Waals surface area (Å²) in [5.74, 6) is 1.35. The molecule has 1 aliphatic carbocycles. The number of hydrogen-bond acceptors (Lipinski definition) is 2. The Morgan fingerprint density at radius 3 is 2.50 bits per heavy atom. The largest absolute Gasteiger partial charge is 0.486 e. The Hall–Kier alpha value is -1.31. The highest BCUT2D eigenvalue weighted by Crippen LogP contribution is 2.31. The van der Waals surface area contributed by atoms with Crippen LogP contribution in [0.2, 0.25) is 0 Å². The molecule has 2 nitrogen and oxygen atoms in total. The Balaban J connectivity index is 2.03. The van der Waals surface area contributed by atoms with E-state index in [0.29, 0.717) is 0 Å². The molecule has 0 amide bonds.